The summed E-state index contributed by atoms with van der Waals surface area (Å²) in [5, 5.41) is 0. The maximum atomic E-state index is 12.6. The van der Waals surface area contributed by atoms with Gasteiger partial charge in [0.1, 0.15) is 11.9 Å². The van der Waals surface area contributed by atoms with Gasteiger partial charge in [-0.25, -0.2) is 0 Å². The third-order valence-corrected chi connectivity index (χ3v) is 6.31. The van der Waals surface area contributed by atoms with Crippen molar-refractivity contribution >= 4 is 5.91 Å². The molecule has 2 fully saturated rings. The van der Waals surface area contributed by atoms with Gasteiger partial charge in [0.15, 0.2) is 0 Å². The monoisotopic (exact) mass is 392 g/mol. The van der Waals surface area contributed by atoms with Crippen LogP contribution < -0.4 is 4.74 Å². The van der Waals surface area contributed by atoms with E-state index >= 15 is 0 Å². The first-order valence-electron chi connectivity index (χ1n) is 11.0. The summed E-state index contributed by atoms with van der Waals surface area (Å²) in [4.78, 5) is 17.2. The second-order valence-electron chi connectivity index (χ2n) is 8.41. The Hall–Kier alpha value is -2.33. The molecule has 2 aromatic carbocycles. The van der Waals surface area contributed by atoms with Crippen molar-refractivity contribution in [2.75, 3.05) is 26.2 Å². The van der Waals surface area contributed by atoms with E-state index in [0.717, 1.165) is 69.6 Å². The fourth-order valence-corrected chi connectivity index (χ4v) is 4.45. The first kappa shape index (κ1) is 20.0. The molecule has 0 radical (unpaired) electrons. The molecule has 4 nitrogen and oxygen atoms in total. The van der Waals surface area contributed by atoms with Crippen molar-refractivity contribution in [2.24, 2.45) is 0 Å². The molecule has 29 heavy (non-hydrogen) atoms. The van der Waals surface area contributed by atoms with Crippen LogP contribution in [0.2, 0.25) is 0 Å². The Morgan fingerprint density at radius 3 is 2.34 bits per heavy atom. The molecule has 2 aromatic rings. The zero-order valence-electron chi connectivity index (χ0n) is 17.4. The molecule has 2 aliphatic heterocycles. The fourth-order valence-electron chi connectivity index (χ4n) is 4.45. The number of carbonyl (C=O) groups is 1. The molecule has 4 heteroatoms. The van der Waals surface area contributed by atoms with Crippen LogP contribution in [0.5, 0.6) is 5.75 Å². The van der Waals surface area contributed by atoms with Crippen molar-refractivity contribution in [3.63, 3.8) is 0 Å². The molecule has 0 spiro atoms. The summed E-state index contributed by atoms with van der Waals surface area (Å²) in [5.74, 6) is 1.02. The van der Waals surface area contributed by atoms with Gasteiger partial charge in [-0.15, -0.1) is 0 Å². The molecule has 0 saturated carbocycles. The highest BCUT2D eigenvalue weighted by molar-refractivity contribution is 5.94. The molecule has 0 bridgehead atoms. The minimum absolute atomic E-state index is 0.147. The summed E-state index contributed by atoms with van der Waals surface area (Å²) < 4.78 is 6.20. The lowest BCUT2D eigenvalue weighted by Crippen LogP contribution is -2.39. The first-order chi connectivity index (χ1) is 14.2. The first-order valence-corrected chi connectivity index (χ1v) is 11.0. The topological polar surface area (TPSA) is 32.8 Å². The SMILES string of the molecule is C[C@H]1CCCN1C(=O)c1ccc(OC2CCN(CCc3ccccc3)CC2)cc1. The molecular formula is C25H32N2O2. The maximum absolute atomic E-state index is 12.6. The van der Waals surface area contributed by atoms with Gasteiger partial charge in [0.2, 0.25) is 0 Å². The van der Waals surface area contributed by atoms with Gasteiger partial charge >= 0.3 is 0 Å². The number of amides is 1. The molecule has 0 N–H and O–H groups in total. The van der Waals surface area contributed by atoms with Crippen molar-refractivity contribution in [3.8, 4) is 5.75 Å². The summed E-state index contributed by atoms with van der Waals surface area (Å²) >= 11 is 0. The number of hydrogen-bond donors (Lipinski definition) is 0. The molecule has 0 aliphatic carbocycles. The average molecular weight is 393 g/mol. The molecule has 0 aromatic heterocycles. The van der Waals surface area contributed by atoms with E-state index in [1.54, 1.807) is 0 Å². The smallest absolute Gasteiger partial charge is 0.254 e. The third kappa shape index (κ3) is 5.18. The lowest BCUT2D eigenvalue weighted by Gasteiger charge is -2.32. The normalized spacial score (nSPS) is 20.7. The lowest BCUT2D eigenvalue weighted by atomic mass is 10.1. The minimum Gasteiger partial charge on any atom is -0.490 e. The Morgan fingerprint density at radius 2 is 1.69 bits per heavy atom. The van der Waals surface area contributed by atoms with Gasteiger partial charge in [-0.2, -0.15) is 0 Å². The summed E-state index contributed by atoms with van der Waals surface area (Å²) in [7, 11) is 0. The Labute approximate surface area is 174 Å². The molecule has 2 aliphatic rings. The number of carbonyl (C=O) groups excluding carboxylic acids is 1. The van der Waals surface area contributed by atoms with Gasteiger partial charge in [-0.05, 0) is 68.9 Å². The third-order valence-electron chi connectivity index (χ3n) is 6.31. The standard InChI is InChI=1S/C25H32N2O2/c1-20-6-5-16-27(20)25(28)22-9-11-23(12-10-22)29-24-14-18-26(19-15-24)17-13-21-7-3-2-4-8-21/h2-4,7-12,20,24H,5-6,13-19H2,1H3/t20-/m0/s1. The lowest BCUT2D eigenvalue weighted by molar-refractivity contribution is 0.0747. The summed E-state index contributed by atoms with van der Waals surface area (Å²) in [6.07, 6.45) is 5.71. The molecule has 2 heterocycles. The highest BCUT2D eigenvalue weighted by atomic mass is 16.5. The van der Waals surface area contributed by atoms with E-state index in [1.807, 2.05) is 29.2 Å². The molecule has 154 valence electrons. The average Bonchev–Trinajstić information content (AvgIpc) is 3.20. The van der Waals surface area contributed by atoms with Crippen LogP contribution in [0.3, 0.4) is 0 Å². The Bertz CT molecular complexity index is 782. The number of rotatable bonds is 6. The van der Waals surface area contributed by atoms with Crippen molar-refractivity contribution in [3.05, 3.63) is 65.7 Å². The highest BCUT2D eigenvalue weighted by Gasteiger charge is 2.26. The number of hydrogen-bond acceptors (Lipinski definition) is 3. The molecule has 1 atom stereocenters. The van der Waals surface area contributed by atoms with Crippen LogP contribution >= 0.6 is 0 Å². The zero-order chi connectivity index (χ0) is 20.1. The highest BCUT2D eigenvalue weighted by Crippen LogP contribution is 2.23. The van der Waals surface area contributed by atoms with Crippen LogP contribution in [0.25, 0.3) is 0 Å². The number of likely N-dealkylation sites (tertiary alicyclic amines) is 2. The molecular weight excluding hydrogens is 360 g/mol. The van der Waals surface area contributed by atoms with Crippen molar-refractivity contribution in [1.29, 1.82) is 0 Å². The van der Waals surface area contributed by atoms with Crippen LogP contribution in [0.4, 0.5) is 0 Å². The number of ether oxygens (including phenoxy) is 1. The van der Waals surface area contributed by atoms with Crippen molar-refractivity contribution < 1.29 is 9.53 Å². The second kappa shape index (κ2) is 9.45. The van der Waals surface area contributed by atoms with Gasteiger partial charge in [-0.1, -0.05) is 30.3 Å². The summed E-state index contributed by atoms with van der Waals surface area (Å²) in [5.41, 5.74) is 2.17. The van der Waals surface area contributed by atoms with Gasteiger partial charge in [0.25, 0.3) is 5.91 Å². The van der Waals surface area contributed by atoms with Crippen LogP contribution in [0.15, 0.2) is 54.6 Å². The van der Waals surface area contributed by atoms with Gasteiger partial charge in [-0.3, -0.25) is 4.79 Å². The van der Waals surface area contributed by atoms with Crippen molar-refractivity contribution in [2.45, 2.75) is 51.2 Å². The predicted octanol–water partition coefficient (Wildman–Crippen LogP) is 4.40. The fraction of sp³-hybridized carbons (Fsp3) is 0.480. The van der Waals surface area contributed by atoms with Crippen LogP contribution in [0.1, 0.15) is 48.5 Å². The number of piperidine rings is 1. The van der Waals surface area contributed by atoms with E-state index in [2.05, 4.69) is 42.2 Å². The van der Waals surface area contributed by atoms with E-state index in [0.29, 0.717) is 6.04 Å². The largest absolute Gasteiger partial charge is 0.490 e. The number of benzene rings is 2. The summed E-state index contributed by atoms with van der Waals surface area (Å²) in [6.45, 7) is 6.29. The minimum atomic E-state index is 0.147. The summed E-state index contributed by atoms with van der Waals surface area (Å²) in [6, 6.07) is 18.8. The number of nitrogens with zero attached hydrogens (tertiary/aromatic N) is 2. The van der Waals surface area contributed by atoms with Crippen molar-refractivity contribution in [1.82, 2.24) is 9.80 Å². The Balaban J connectivity index is 1.22. The maximum Gasteiger partial charge on any atom is 0.254 e. The van der Waals surface area contributed by atoms with E-state index in [4.69, 9.17) is 4.74 Å². The van der Waals surface area contributed by atoms with Crippen LogP contribution in [-0.2, 0) is 6.42 Å². The quantitative estimate of drug-likeness (QED) is 0.731. The van der Waals surface area contributed by atoms with Crippen LogP contribution in [0, 0.1) is 0 Å². The Morgan fingerprint density at radius 1 is 0.966 bits per heavy atom. The van der Waals surface area contributed by atoms with E-state index in [1.165, 1.54) is 5.56 Å². The molecule has 2 saturated heterocycles. The van der Waals surface area contributed by atoms with Gasteiger partial charge in [0, 0.05) is 37.8 Å². The molecule has 4 rings (SSSR count). The Kier molecular flexibility index (Phi) is 6.50. The van der Waals surface area contributed by atoms with Gasteiger partial charge in [0.05, 0.1) is 0 Å². The predicted molar refractivity (Wildman–Crippen MR) is 116 cm³/mol. The van der Waals surface area contributed by atoms with E-state index in [-0.39, 0.29) is 12.0 Å². The van der Waals surface area contributed by atoms with Crippen LogP contribution in [-0.4, -0.2) is 54.0 Å². The van der Waals surface area contributed by atoms with E-state index in [9.17, 15) is 4.79 Å². The second-order valence-corrected chi connectivity index (χ2v) is 8.41. The molecule has 0 unspecified atom stereocenters. The van der Waals surface area contributed by atoms with Gasteiger partial charge < -0.3 is 14.5 Å². The van der Waals surface area contributed by atoms with E-state index < -0.39 is 0 Å². The zero-order valence-corrected chi connectivity index (χ0v) is 17.4. The molecule has 1 amide bonds.